The van der Waals surface area contributed by atoms with E-state index in [-0.39, 0.29) is 13.0 Å². The van der Waals surface area contributed by atoms with Crippen LogP contribution in [0.3, 0.4) is 0 Å². The number of amides is 1. The van der Waals surface area contributed by atoms with E-state index in [1.54, 1.807) is 17.0 Å². The predicted molar refractivity (Wildman–Crippen MR) is 71.6 cm³/mol. The molecular formula is C13H17N3O4. The van der Waals surface area contributed by atoms with Gasteiger partial charge >= 0.3 is 5.97 Å². The number of aliphatic hydroxyl groups excluding tert-OH is 1. The van der Waals surface area contributed by atoms with E-state index < -0.39 is 24.0 Å². The molecule has 1 fully saturated rings. The van der Waals surface area contributed by atoms with Crippen molar-refractivity contribution in [1.29, 1.82) is 0 Å². The van der Waals surface area contributed by atoms with Gasteiger partial charge in [0.2, 0.25) is 0 Å². The number of aromatic nitrogens is 1. The molecule has 1 saturated heterocycles. The van der Waals surface area contributed by atoms with Crippen LogP contribution in [0.15, 0.2) is 18.3 Å². The number of aliphatic carboxylic acids is 1. The lowest BCUT2D eigenvalue weighted by molar-refractivity contribution is -0.141. The smallest absolute Gasteiger partial charge is 0.326 e. The molecule has 7 nitrogen and oxygen atoms in total. The van der Waals surface area contributed by atoms with Gasteiger partial charge in [-0.3, -0.25) is 4.79 Å². The predicted octanol–water partition coefficient (Wildman–Crippen LogP) is -0.192. The summed E-state index contributed by atoms with van der Waals surface area (Å²) in [4.78, 5) is 30.5. The first-order valence-corrected chi connectivity index (χ1v) is 6.25. The maximum atomic E-state index is 12.3. The van der Waals surface area contributed by atoms with Crippen LogP contribution in [0.4, 0.5) is 5.82 Å². The van der Waals surface area contributed by atoms with Gasteiger partial charge in [-0.25, -0.2) is 9.78 Å². The fraction of sp³-hybridized carbons (Fsp3) is 0.462. The first-order chi connectivity index (χ1) is 9.40. The maximum Gasteiger partial charge on any atom is 0.326 e. The molecule has 2 rings (SSSR count). The van der Waals surface area contributed by atoms with Crippen molar-refractivity contribution in [2.75, 3.05) is 25.5 Å². The second-order valence-corrected chi connectivity index (χ2v) is 5.00. The molecule has 108 valence electrons. The molecule has 2 heterocycles. The quantitative estimate of drug-likeness (QED) is 0.796. The summed E-state index contributed by atoms with van der Waals surface area (Å²) < 4.78 is 0. The molecule has 1 aromatic rings. The fourth-order valence-electron chi connectivity index (χ4n) is 2.22. The number of carbonyl (C=O) groups is 2. The summed E-state index contributed by atoms with van der Waals surface area (Å²) >= 11 is 0. The van der Waals surface area contributed by atoms with Gasteiger partial charge < -0.3 is 20.0 Å². The number of hydrogen-bond donors (Lipinski definition) is 2. The van der Waals surface area contributed by atoms with Gasteiger partial charge in [0, 0.05) is 33.3 Å². The average Bonchev–Trinajstić information content (AvgIpc) is 2.80. The van der Waals surface area contributed by atoms with Gasteiger partial charge in [-0.2, -0.15) is 0 Å². The number of rotatable bonds is 3. The number of likely N-dealkylation sites (tertiary alicyclic amines) is 1. The van der Waals surface area contributed by atoms with Crippen molar-refractivity contribution in [2.45, 2.75) is 18.6 Å². The summed E-state index contributed by atoms with van der Waals surface area (Å²) in [6.45, 7) is 0.0330. The largest absolute Gasteiger partial charge is 0.480 e. The summed E-state index contributed by atoms with van der Waals surface area (Å²) in [5.41, 5.74) is 0.316. The molecule has 20 heavy (non-hydrogen) atoms. The van der Waals surface area contributed by atoms with E-state index in [0.717, 1.165) is 0 Å². The minimum absolute atomic E-state index is 0.0330. The van der Waals surface area contributed by atoms with E-state index in [4.69, 9.17) is 5.11 Å². The first-order valence-electron chi connectivity index (χ1n) is 6.25. The summed E-state index contributed by atoms with van der Waals surface area (Å²) in [5, 5.41) is 18.6. The van der Waals surface area contributed by atoms with Gasteiger partial charge in [0.25, 0.3) is 5.91 Å². The van der Waals surface area contributed by atoms with Crippen LogP contribution in [0, 0.1) is 0 Å². The Kier molecular flexibility index (Phi) is 3.89. The molecule has 1 aliphatic rings. The molecule has 0 saturated carbocycles. The molecule has 7 heteroatoms. The Labute approximate surface area is 116 Å². The molecule has 0 aromatic carbocycles. The number of carboxylic acid groups (broad SMARTS) is 1. The highest BCUT2D eigenvalue weighted by atomic mass is 16.4. The molecule has 1 aromatic heterocycles. The molecule has 0 radical (unpaired) electrons. The zero-order chi connectivity index (χ0) is 14.9. The van der Waals surface area contributed by atoms with Gasteiger partial charge in [0.1, 0.15) is 11.9 Å². The van der Waals surface area contributed by atoms with Gasteiger partial charge in [-0.15, -0.1) is 0 Å². The highest BCUT2D eigenvalue weighted by molar-refractivity contribution is 5.97. The lowest BCUT2D eigenvalue weighted by Gasteiger charge is -2.21. The Hall–Kier alpha value is -2.15. The lowest BCUT2D eigenvalue weighted by Crippen LogP contribution is -2.40. The van der Waals surface area contributed by atoms with E-state index in [1.165, 1.54) is 11.1 Å². The van der Waals surface area contributed by atoms with Crippen LogP contribution in [0.1, 0.15) is 16.8 Å². The van der Waals surface area contributed by atoms with Gasteiger partial charge in [0.05, 0.1) is 11.7 Å². The number of nitrogens with zero attached hydrogens (tertiary/aromatic N) is 3. The average molecular weight is 279 g/mol. The minimum Gasteiger partial charge on any atom is -0.480 e. The molecule has 2 atom stereocenters. The molecule has 0 unspecified atom stereocenters. The van der Waals surface area contributed by atoms with Gasteiger partial charge in [0.15, 0.2) is 0 Å². The summed E-state index contributed by atoms with van der Waals surface area (Å²) in [6.07, 6.45) is 0.681. The van der Waals surface area contributed by atoms with E-state index in [2.05, 4.69) is 4.98 Å². The van der Waals surface area contributed by atoms with Crippen molar-refractivity contribution < 1.29 is 19.8 Å². The monoisotopic (exact) mass is 279 g/mol. The van der Waals surface area contributed by atoms with Crippen LogP contribution in [0.2, 0.25) is 0 Å². The number of carboxylic acids is 1. The molecule has 1 amide bonds. The minimum atomic E-state index is -1.10. The van der Waals surface area contributed by atoms with Crippen molar-refractivity contribution in [1.82, 2.24) is 9.88 Å². The standard InChI is InChI=1S/C13H17N3O4/c1-15(2)11-4-3-8(6-14-11)12(18)16-7-9(17)5-10(16)13(19)20/h3-4,6,9-10,17H,5,7H2,1-2H3,(H,19,20)/t9-,10+/m1/s1. The number of hydrogen-bond acceptors (Lipinski definition) is 5. The second-order valence-electron chi connectivity index (χ2n) is 5.00. The normalized spacial score (nSPS) is 21.9. The van der Waals surface area contributed by atoms with Gasteiger partial charge in [-0.1, -0.05) is 0 Å². The number of pyridine rings is 1. The van der Waals surface area contributed by atoms with Crippen LogP contribution in [0.25, 0.3) is 0 Å². The number of carbonyl (C=O) groups excluding carboxylic acids is 1. The molecule has 0 spiro atoms. The van der Waals surface area contributed by atoms with E-state index in [0.29, 0.717) is 11.4 Å². The molecule has 0 bridgehead atoms. The summed E-state index contributed by atoms with van der Waals surface area (Å²) in [7, 11) is 3.67. The zero-order valence-corrected chi connectivity index (χ0v) is 11.4. The highest BCUT2D eigenvalue weighted by Gasteiger charge is 2.39. The number of anilines is 1. The first kappa shape index (κ1) is 14.3. The Balaban J connectivity index is 2.20. The third-order valence-corrected chi connectivity index (χ3v) is 3.28. The third kappa shape index (κ3) is 2.72. The van der Waals surface area contributed by atoms with Crippen LogP contribution in [0.5, 0.6) is 0 Å². The summed E-state index contributed by atoms with van der Waals surface area (Å²) in [6, 6.07) is 2.31. The topological polar surface area (TPSA) is 94.0 Å². The maximum absolute atomic E-state index is 12.3. The molecular weight excluding hydrogens is 262 g/mol. The van der Waals surface area contributed by atoms with Crippen LogP contribution < -0.4 is 4.90 Å². The lowest BCUT2D eigenvalue weighted by atomic mass is 10.2. The van der Waals surface area contributed by atoms with Crippen molar-refractivity contribution in [3.8, 4) is 0 Å². The Bertz CT molecular complexity index is 515. The molecule has 2 N–H and O–H groups in total. The Morgan fingerprint density at radius 1 is 1.40 bits per heavy atom. The highest BCUT2D eigenvalue weighted by Crippen LogP contribution is 2.21. The van der Waals surface area contributed by atoms with Crippen molar-refractivity contribution in [3.63, 3.8) is 0 Å². The second kappa shape index (κ2) is 5.46. The number of β-amino-alcohol motifs (C(OH)–C–C–N with tert-alkyl or cyclic N) is 1. The molecule has 0 aliphatic carbocycles. The summed E-state index contributed by atoms with van der Waals surface area (Å²) in [5.74, 6) is -0.822. The van der Waals surface area contributed by atoms with Crippen molar-refractivity contribution in [3.05, 3.63) is 23.9 Å². The van der Waals surface area contributed by atoms with Crippen LogP contribution in [-0.4, -0.2) is 64.8 Å². The fourth-order valence-corrected chi connectivity index (χ4v) is 2.22. The van der Waals surface area contributed by atoms with Crippen molar-refractivity contribution in [2.24, 2.45) is 0 Å². The van der Waals surface area contributed by atoms with E-state index in [1.807, 2.05) is 14.1 Å². The SMILES string of the molecule is CN(C)c1ccc(C(=O)N2C[C@H](O)C[C@H]2C(=O)O)cn1. The zero-order valence-electron chi connectivity index (χ0n) is 11.4. The van der Waals surface area contributed by atoms with Crippen LogP contribution >= 0.6 is 0 Å². The van der Waals surface area contributed by atoms with Gasteiger partial charge in [-0.05, 0) is 12.1 Å². The Morgan fingerprint density at radius 3 is 2.60 bits per heavy atom. The third-order valence-electron chi connectivity index (χ3n) is 3.28. The van der Waals surface area contributed by atoms with Crippen molar-refractivity contribution >= 4 is 17.7 Å². The van der Waals surface area contributed by atoms with E-state index in [9.17, 15) is 14.7 Å². The van der Waals surface area contributed by atoms with E-state index >= 15 is 0 Å². The van der Waals surface area contributed by atoms with Crippen LogP contribution in [-0.2, 0) is 4.79 Å². The Morgan fingerprint density at radius 2 is 2.10 bits per heavy atom. The number of aliphatic hydroxyl groups is 1. The molecule has 1 aliphatic heterocycles.